The van der Waals surface area contributed by atoms with Gasteiger partial charge in [0.15, 0.2) is 0 Å². The smallest absolute Gasteiger partial charge is 0.0713 e. The van der Waals surface area contributed by atoms with Crippen LogP contribution < -0.4 is 5.32 Å². The standard InChI is InChI=1S/C18H22BrNO/c1-14(11-15-7-9-18(19)10-8-15)20-12-16-3-5-17(6-4-16)13-21-2/h3-10,14,20H,11-13H2,1-2H3. The van der Waals surface area contributed by atoms with Crippen LogP contribution in [0.2, 0.25) is 0 Å². The van der Waals surface area contributed by atoms with Gasteiger partial charge in [0.2, 0.25) is 0 Å². The van der Waals surface area contributed by atoms with E-state index in [-0.39, 0.29) is 0 Å². The van der Waals surface area contributed by atoms with E-state index >= 15 is 0 Å². The maximum atomic E-state index is 5.12. The van der Waals surface area contributed by atoms with Crippen molar-refractivity contribution in [2.75, 3.05) is 7.11 Å². The van der Waals surface area contributed by atoms with E-state index in [1.165, 1.54) is 16.7 Å². The van der Waals surface area contributed by atoms with Crippen molar-refractivity contribution in [2.45, 2.75) is 32.5 Å². The molecular weight excluding hydrogens is 326 g/mol. The van der Waals surface area contributed by atoms with Crippen molar-refractivity contribution in [1.29, 1.82) is 0 Å². The van der Waals surface area contributed by atoms with Crippen molar-refractivity contribution in [2.24, 2.45) is 0 Å². The van der Waals surface area contributed by atoms with Gasteiger partial charge in [0.1, 0.15) is 0 Å². The van der Waals surface area contributed by atoms with Crippen LogP contribution in [-0.2, 0) is 24.3 Å². The highest BCUT2D eigenvalue weighted by Gasteiger charge is 2.03. The molecule has 112 valence electrons. The first kappa shape index (κ1) is 16.2. The van der Waals surface area contributed by atoms with Crippen LogP contribution in [0.25, 0.3) is 0 Å². The first-order valence-electron chi connectivity index (χ1n) is 7.22. The maximum absolute atomic E-state index is 5.12. The summed E-state index contributed by atoms with van der Waals surface area (Å²) in [7, 11) is 1.72. The summed E-state index contributed by atoms with van der Waals surface area (Å²) in [6.45, 7) is 3.79. The molecule has 2 aromatic carbocycles. The molecule has 21 heavy (non-hydrogen) atoms. The normalized spacial score (nSPS) is 12.3. The molecule has 2 nitrogen and oxygen atoms in total. The zero-order valence-corrected chi connectivity index (χ0v) is 14.2. The molecule has 0 aliphatic heterocycles. The van der Waals surface area contributed by atoms with Gasteiger partial charge in [-0.3, -0.25) is 0 Å². The third kappa shape index (κ3) is 5.62. The summed E-state index contributed by atoms with van der Waals surface area (Å²) in [5, 5.41) is 3.57. The lowest BCUT2D eigenvalue weighted by molar-refractivity contribution is 0.185. The number of hydrogen-bond acceptors (Lipinski definition) is 2. The summed E-state index contributed by atoms with van der Waals surface area (Å²) < 4.78 is 6.25. The van der Waals surface area contributed by atoms with Crippen LogP contribution in [0.4, 0.5) is 0 Å². The van der Waals surface area contributed by atoms with Crippen molar-refractivity contribution >= 4 is 15.9 Å². The number of hydrogen-bond donors (Lipinski definition) is 1. The molecule has 0 bridgehead atoms. The minimum absolute atomic E-state index is 0.449. The summed E-state index contributed by atoms with van der Waals surface area (Å²) in [6.07, 6.45) is 1.04. The summed E-state index contributed by atoms with van der Waals surface area (Å²) in [6, 6.07) is 17.5. The molecule has 2 aromatic rings. The second-order valence-corrected chi connectivity index (χ2v) is 6.28. The Balaban J connectivity index is 1.80. The third-order valence-electron chi connectivity index (χ3n) is 3.44. The SMILES string of the molecule is COCc1ccc(CNC(C)Cc2ccc(Br)cc2)cc1. The van der Waals surface area contributed by atoms with Gasteiger partial charge in [-0.1, -0.05) is 52.3 Å². The van der Waals surface area contributed by atoms with E-state index in [1.54, 1.807) is 7.11 Å². The number of benzene rings is 2. The van der Waals surface area contributed by atoms with Crippen LogP contribution in [-0.4, -0.2) is 13.2 Å². The van der Waals surface area contributed by atoms with E-state index in [4.69, 9.17) is 4.74 Å². The average molecular weight is 348 g/mol. The fourth-order valence-electron chi connectivity index (χ4n) is 2.26. The molecule has 0 amide bonds. The molecule has 1 N–H and O–H groups in total. The van der Waals surface area contributed by atoms with Crippen LogP contribution in [0.1, 0.15) is 23.6 Å². The minimum Gasteiger partial charge on any atom is -0.380 e. The first-order chi connectivity index (χ1) is 10.2. The number of halogens is 1. The van der Waals surface area contributed by atoms with E-state index in [9.17, 15) is 0 Å². The minimum atomic E-state index is 0.449. The fourth-order valence-corrected chi connectivity index (χ4v) is 2.52. The van der Waals surface area contributed by atoms with Gasteiger partial charge in [0.25, 0.3) is 0 Å². The van der Waals surface area contributed by atoms with Crippen molar-refractivity contribution in [3.8, 4) is 0 Å². The van der Waals surface area contributed by atoms with Gasteiger partial charge in [0.05, 0.1) is 6.61 Å². The fraction of sp³-hybridized carbons (Fsp3) is 0.333. The number of nitrogens with one attached hydrogen (secondary N) is 1. The van der Waals surface area contributed by atoms with Crippen LogP contribution in [0.15, 0.2) is 53.0 Å². The van der Waals surface area contributed by atoms with E-state index in [1.807, 2.05) is 0 Å². The topological polar surface area (TPSA) is 21.3 Å². The third-order valence-corrected chi connectivity index (χ3v) is 3.97. The monoisotopic (exact) mass is 347 g/mol. The molecule has 0 aliphatic rings. The summed E-state index contributed by atoms with van der Waals surface area (Å²) >= 11 is 3.47. The van der Waals surface area contributed by atoms with Gasteiger partial charge in [-0.15, -0.1) is 0 Å². The Labute approximate surface area is 135 Å². The summed E-state index contributed by atoms with van der Waals surface area (Å²) in [4.78, 5) is 0. The van der Waals surface area contributed by atoms with Gasteiger partial charge in [-0.25, -0.2) is 0 Å². The quantitative estimate of drug-likeness (QED) is 0.805. The van der Waals surface area contributed by atoms with Gasteiger partial charge in [-0.2, -0.15) is 0 Å². The van der Waals surface area contributed by atoms with Crippen LogP contribution >= 0.6 is 15.9 Å². The second kappa shape index (κ2) is 8.32. The lowest BCUT2D eigenvalue weighted by Crippen LogP contribution is -2.27. The first-order valence-corrected chi connectivity index (χ1v) is 8.01. The van der Waals surface area contributed by atoms with Crippen LogP contribution in [0.3, 0.4) is 0 Å². The maximum Gasteiger partial charge on any atom is 0.0713 e. The molecule has 3 heteroatoms. The molecule has 1 atom stereocenters. The lowest BCUT2D eigenvalue weighted by atomic mass is 10.1. The Morgan fingerprint density at radius 2 is 1.52 bits per heavy atom. The summed E-state index contributed by atoms with van der Waals surface area (Å²) in [5.74, 6) is 0. The van der Waals surface area contributed by atoms with Gasteiger partial charge >= 0.3 is 0 Å². The van der Waals surface area contributed by atoms with Crippen molar-refractivity contribution in [1.82, 2.24) is 5.32 Å². The zero-order valence-electron chi connectivity index (χ0n) is 12.6. The Bertz CT molecular complexity index is 536. The van der Waals surface area contributed by atoms with Crippen LogP contribution in [0, 0.1) is 0 Å². The van der Waals surface area contributed by atoms with Gasteiger partial charge in [-0.05, 0) is 42.2 Å². The van der Waals surface area contributed by atoms with Gasteiger partial charge in [0, 0.05) is 24.2 Å². The lowest BCUT2D eigenvalue weighted by Gasteiger charge is -2.14. The molecule has 0 spiro atoms. The Hall–Kier alpha value is -1.16. The molecule has 0 saturated heterocycles. The molecule has 0 aromatic heterocycles. The number of rotatable bonds is 7. The largest absolute Gasteiger partial charge is 0.380 e. The highest BCUT2D eigenvalue weighted by Crippen LogP contribution is 2.12. The Kier molecular flexibility index (Phi) is 6.43. The molecule has 0 radical (unpaired) electrons. The number of ether oxygens (including phenoxy) is 1. The van der Waals surface area contributed by atoms with E-state index in [0.717, 1.165) is 17.4 Å². The zero-order chi connectivity index (χ0) is 15.1. The van der Waals surface area contributed by atoms with Gasteiger partial charge < -0.3 is 10.1 Å². The number of methoxy groups -OCH3 is 1. The molecule has 0 fully saturated rings. The van der Waals surface area contributed by atoms with Crippen molar-refractivity contribution in [3.05, 3.63) is 69.7 Å². The molecular formula is C18H22BrNO. The molecule has 2 rings (SSSR count). The molecule has 1 unspecified atom stereocenters. The Morgan fingerprint density at radius 3 is 2.14 bits per heavy atom. The predicted molar refractivity (Wildman–Crippen MR) is 91.3 cm³/mol. The summed E-state index contributed by atoms with van der Waals surface area (Å²) in [5.41, 5.74) is 3.87. The highest BCUT2D eigenvalue weighted by molar-refractivity contribution is 9.10. The van der Waals surface area contributed by atoms with Crippen molar-refractivity contribution < 1.29 is 4.74 Å². The van der Waals surface area contributed by atoms with E-state index < -0.39 is 0 Å². The Morgan fingerprint density at radius 1 is 0.952 bits per heavy atom. The molecule has 0 heterocycles. The second-order valence-electron chi connectivity index (χ2n) is 5.36. The predicted octanol–water partition coefficient (Wildman–Crippen LogP) is 4.32. The van der Waals surface area contributed by atoms with Crippen molar-refractivity contribution in [3.63, 3.8) is 0 Å². The highest BCUT2D eigenvalue weighted by atomic mass is 79.9. The average Bonchev–Trinajstić information content (AvgIpc) is 2.49. The van der Waals surface area contributed by atoms with E-state index in [0.29, 0.717) is 12.6 Å². The molecule has 0 aliphatic carbocycles. The van der Waals surface area contributed by atoms with E-state index in [2.05, 4.69) is 76.7 Å². The van der Waals surface area contributed by atoms with Crippen LogP contribution in [0.5, 0.6) is 0 Å². The molecule has 0 saturated carbocycles.